The summed E-state index contributed by atoms with van der Waals surface area (Å²) in [6, 6.07) is 6.73. The lowest BCUT2D eigenvalue weighted by molar-refractivity contribution is 0.100. The van der Waals surface area contributed by atoms with Gasteiger partial charge in [-0.15, -0.1) is 0 Å². The van der Waals surface area contributed by atoms with Crippen LogP contribution in [0.15, 0.2) is 28.9 Å². The summed E-state index contributed by atoms with van der Waals surface area (Å²) in [6.45, 7) is 1.15. The molecular weight excluding hydrogens is 240 g/mol. The first kappa shape index (κ1) is 11.1. The molecule has 1 saturated heterocycles. The van der Waals surface area contributed by atoms with Crippen LogP contribution in [0.5, 0.6) is 0 Å². The van der Waals surface area contributed by atoms with Crippen LogP contribution in [-0.4, -0.2) is 18.5 Å². The predicted octanol–water partition coefficient (Wildman–Crippen LogP) is 2.00. The number of hydrogen-bond acceptors (Lipinski definition) is 3. The van der Waals surface area contributed by atoms with Gasteiger partial charge < -0.3 is 15.5 Å². The number of carbonyl (C=O) groups is 1. The Labute approximate surface area is 111 Å². The standard InChI is InChI=1S/C15H16N2O2/c16-15(18)12-7-19-14-2-1-9(5-11(12)14)10-3-8-4-13(10)17-6-8/h1-2,5,7-8,10,13,17H,3-4,6H2,(H2,16,18). The van der Waals surface area contributed by atoms with E-state index in [1.807, 2.05) is 6.07 Å². The molecule has 4 heteroatoms. The van der Waals surface area contributed by atoms with Crippen LogP contribution in [0.2, 0.25) is 0 Å². The second-order valence-electron chi connectivity index (χ2n) is 5.73. The van der Waals surface area contributed by atoms with Crippen molar-refractivity contribution in [1.29, 1.82) is 0 Å². The molecule has 2 aromatic rings. The fourth-order valence-electron chi connectivity index (χ4n) is 3.69. The molecule has 1 aromatic heterocycles. The van der Waals surface area contributed by atoms with Crippen LogP contribution in [0.1, 0.15) is 34.7 Å². The molecule has 0 radical (unpaired) electrons. The minimum Gasteiger partial charge on any atom is -0.463 e. The summed E-state index contributed by atoms with van der Waals surface area (Å²) in [6.07, 6.45) is 3.97. The Morgan fingerprint density at radius 3 is 2.95 bits per heavy atom. The Morgan fingerprint density at radius 2 is 2.26 bits per heavy atom. The molecule has 1 amide bonds. The average Bonchev–Trinajstić information content (AvgIpc) is 3.12. The lowest BCUT2D eigenvalue weighted by atomic mass is 9.90. The van der Waals surface area contributed by atoms with E-state index in [4.69, 9.17) is 10.2 Å². The van der Waals surface area contributed by atoms with Gasteiger partial charge in [-0.1, -0.05) is 6.07 Å². The van der Waals surface area contributed by atoms with Crippen molar-refractivity contribution in [2.75, 3.05) is 6.54 Å². The number of benzene rings is 1. The summed E-state index contributed by atoms with van der Waals surface area (Å²) >= 11 is 0. The first-order valence-corrected chi connectivity index (χ1v) is 6.76. The minimum atomic E-state index is -0.429. The largest absolute Gasteiger partial charge is 0.463 e. The van der Waals surface area contributed by atoms with Crippen molar-refractivity contribution in [1.82, 2.24) is 5.32 Å². The van der Waals surface area contributed by atoms with Gasteiger partial charge in [0.25, 0.3) is 5.91 Å². The van der Waals surface area contributed by atoms with E-state index in [0.29, 0.717) is 17.5 Å². The number of fused-ring (bicyclic) bond motifs is 3. The predicted molar refractivity (Wildman–Crippen MR) is 72.0 cm³/mol. The van der Waals surface area contributed by atoms with E-state index in [2.05, 4.69) is 17.4 Å². The summed E-state index contributed by atoms with van der Waals surface area (Å²) in [4.78, 5) is 11.4. The normalized spacial score (nSPS) is 29.2. The molecule has 1 aromatic carbocycles. The molecule has 98 valence electrons. The number of amides is 1. The van der Waals surface area contributed by atoms with Crippen molar-refractivity contribution in [3.05, 3.63) is 35.6 Å². The maximum Gasteiger partial charge on any atom is 0.252 e. The van der Waals surface area contributed by atoms with Gasteiger partial charge in [0.15, 0.2) is 0 Å². The number of carbonyl (C=O) groups excluding carboxylic acids is 1. The maximum atomic E-state index is 11.4. The molecule has 1 saturated carbocycles. The highest BCUT2D eigenvalue weighted by molar-refractivity contribution is 6.05. The van der Waals surface area contributed by atoms with E-state index >= 15 is 0 Å². The summed E-state index contributed by atoms with van der Waals surface area (Å²) in [5.74, 6) is 0.936. The quantitative estimate of drug-likeness (QED) is 0.863. The molecule has 2 fully saturated rings. The number of nitrogens with one attached hydrogen (secondary N) is 1. The van der Waals surface area contributed by atoms with E-state index in [0.717, 1.165) is 23.4 Å². The topological polar surface area (TPSA) is 68.3 Å². The molecule has 3 atom stereocenters. The van der Waals surface area contributed by atoms with E-state index in [9.17, 15) is 4.79 Å². The van der Waals surface area contributed by atoms with Crippen molar-refractivity contribution in [3.63, 3.8) is 0 Å². The number of nitrogens with two attached hydrogens (primary N) is 1. The van der Waals surface area contributed by atoms with Crippen LogP contribution in [0.4, 0.5) is 0 Å². The summed E-state index contributed by atoms with van der Waals surface area (Å²) in [7, 11) is 0. The van der Waals surface area contributed by atoms with Crippen molar-refractivity contribution in [3.8, 4) is 0 Å². The van der Waals surface area contributed by atoms with E-state index in [1.54, 1.807) is 0 Å². The Kier molecular flexibility index (Phi) is 2.23. The summed E-state index contributed by atoms with van der Waals surface area (Å²) in [5.41, 5.74) is 7.87. The summed E-state index contributed by atoms with van der Waals surface area (Å²) in [5, 5.41) is 4.41. The SMILES string of the molecule is NC(=O)c1coc2ccc(C3CC4CNC3C4)cc12. The Hall–Kier alpha value is -1.81. The monoisotopic (exact) mass is 256 g/mol. The molecule has 2 bridgehead atoms. The molecule has 1 aliphatic carbocycles. The Morgan fingerprint density at radius 1 is 1.37 bits per heavy atom. The van der Waals surface area contributed by atoms with Crippen LogP contribution >= 0.6 is 0 Å². The van der Waals surface area contributed by atoms with Gasteiger partial charge in [0.1, 0.15) is 11.8 Å². The third-order valence-electron chi connectivity index (χ3n) is 4.62. The molecule has 1 aliphatic heterocycles. The molecule has 19 heavy (non-hydrogen) atoms. The van der Waals surface area contributed by atoms with Crippen molar-refractivity contribution >= 4 is 16.9 Å². The van der Waals surface area contributed by atoms with Gasteiger partial charge in [0, 0.05) is 11.4 Å². The highest BCUT2D eigenvalue weighted by Gasteiger charge is 2.40. The molecule has 3 unspecified atom stereocenters. The second kappa shape index (κ2) is 3.84. The highest BCUT2D eigenvalue weighted by atomic mass is 16.3. The second-order valence-corrected chi connectivity index (χ2v) is 5.73. The first-order valence-electron chi connectivity index (χ1n) is 6.76. The average molecular weight is 256 g/mol. The molecule has 0 spiro atoms. The van der Waals surface area contributed by atoms with E-state index in [-0.39, 0.29) is 0 Å². The molecule has 2 aliphatic rings. The molecule has 4 rings (SSSR count). The molecular formula is C15H16N2O2. The third-order valence-corrected chi connectivity index (χ3v) is 4.62. The molecule has 3 N–H and O–H groups in total. The first-order chi connectivity index (χ1) is 9.22. The van der Waals surface area contributed by atoms with Gasteiger partial charge >= 0.3 is 0 Å². The number of rotatable bonds is 2. The Bertz CT molecular complexity index is 661. The van der Waals surface area contributed by atoms with Crippen molar-refractivity contribution < 1.29 is 9.21 Å². The highest BCUT2D eigenvalue weighted by Crippen LogP contribution is 2.43. The van der Waals surface area contributed by atoms with Crippen LogP contribution in [0.3, 0.4) is 0 Å². The van der Waals surface area contributed by atoms with E-state index < -0.39 is 5.91 Å². The van der Waals surface area contributed by atoms with Gasteiger partial charge in [-0.2, -0.15) is 0 Å². The molecule has 2 heterocycles. The van der Waals surface area contributed by atoms with Crippen molar-refractivity contribution in [2.24, 2.45) is 11.7 Å². The molecule has 4 nitrogen and oxygen atoms in total. The lowest BCUT2D eigenvalue weighted by Gasteiger charge is -2.23. The number of piperidine rings is 1. The zero-order valence-corrected chi connectivity index (χ0v) is 10.6. The van der Waals surface area contributed by atoms with Crippen molar-refractivity contribution in [2.45, 2.75) is 24.8 Å². The van der Waals surface area contributed by atoms with Crippen LogP contribution < -0.4 is 11.1 Å². The third kappa shape index (κ3) is 1.60. The van der Waals surface area contributed by atoms with Gasteiger partial charge in [0.05, 0.1) is 5.56 Å². The van der Waals surface area contributed by atoms with Gasteiger partial charge in [-0.3, -0.25) is 4.79 Å². The van der Waals surface area contributed by atoms with Crippen LogP contribution in [0, 0.1) is 5.92 Å². The zero-order valence-electron chi connectivity index (χ0n) is 10.6. The minimum absolute atomic E-state index is 0.429. The van der Waals surface area contributed by atoms with E-state index in [1.165, 1.54) is 24.7 Å². The number of primary amides is 1. The number of furan rings is 1. The van der Waals surface area contributed by atoms with Gasteiger partial charge in [-0.05, 0) is 48.9 Å². The van der Waals surface area contributed by atoms with Gasteiger partial charge in [-0.25, -0.2) is 0 Å². The lowest BCUT2D eigenvalue weighted by Crippen LogP contribution is -2.31. The van der Waals surface area contributed by atoms with Crippen LogP contribution in [-0.2, 0) is 0 Å². The fraction of sp³-hybridized carbons (Fsp3) is 0.400. The van der Waals surface area contributed by atoms with Crippen LogP contribution in [0.25, 0.3) is 11.0 Å². The number of hydrogen-bond donors (Lipinski definition) is 2. The maximum absolute atomic E-state index is 11.4. The zero-order chi connectivity index (χ0) is 13.0. The Balaban J connectivity index is 1.79. The smallest absolute Gasteiger partial charge is 0.252 e. The fourth-order valence-corrected chi connectivity index (χ4v) is 3.69. The van der Waals surface area contributed by atoms with Gasteiger partial charge in [0.2, 0.25) is 0 Å². The summed E-state index contributed by atoms with van der Waals surface area (Å²) < 4.78 is 5.37.